The van der Waals surface area contributed by atoms with Gasteiger partial charge >= 0.3 is 0 Å². The number of morpholine rings is 1. The Kier molecular flexibility index (Phi) is 10.9. The third-order valence-corrected chi connectivity index (χ3v) is 8.34. The Hall–Kier alpha value is -1.55. The molecule has 10 heteroatoms. The summed E-state index contributed by atoms with van der Waals surface area (Å²) in [5, 5.41) is 1.45. The number of fused-ring (bicyclic) bond motifs is 1. The molecule has 0 saturated carbocycles. The van der Waals surface area contributed by atoms with Gasteiger partial charge < -0.3 is 9.47 Å². The summed E-state index contributed by atoms with van der Waals surface area (Å²) in [6, 6.07) is 11.8. The molecule has 1 saturated heterocycles. The molecule has 0 unspecified atom stereocenters. The zero-order chi connectivity index (χ0) is 23.9. The Balaban J connectivity index is 0.00000342. The van der Waals surface area contributed by atoms with Crippen LogP contribution in [0.4, 0.5) is 5.13 Å². The van der Waals surface area contributed by atoms with E-state index in [1.807, 2.05) is 48.2 Å². The summed E-state index contributed by atoms with van der Waals surface area (Å²) in [6.07, 6.45) is 1.34. The molecule has 0 spiro atoms. The van der Waals surface area contributed by atoms with Gasteiger partial charge in [-0.3, -0.25) is 14.6 Å². The van der Waals surface area contributed by atoms with Gasteiger partial charge in [-0.1, -0.05) is 22.9 Å². The minimum absolute atomic E-state index is 0. The maximum atomic E-state index is 13.3. The summed E-state index contributed by atoms with van der Waals surface area (Å²) in [4.78, 5) is 23.6. The van der Waals surface area contributed by atoms with Crippen LogP contribution in [0.2, 0.25) is 5.02 Å². The molecule has 0 atom stereocenters. The van der Waals surface area contributed by atoms with Crippen LogP contribution in [0.25, 0.3) is 10.2 Å². The fraction of sp³-hybridized carbons (Fsp3) is 0.440. The maximum Gasteiger partial charge on any atom is 0.229 e. The lowest BCUT2D eigenvalue weighted by Crippen LogP contribution is -2.39. The molecule has 1 fully saturated rings. The van der Waals surface area contributed by atoms with E-state index in [4.69, 9.17) is 26.1 Å². The van der Waals surface area contributed by atoms with Crippen LogP contribution in [0.3, 0.4) is 0 Å². The molecule has 0 bridgehead atoms. The molecular formula is C25H31Cl2N3O3S2. The largest absolute Gasteiger partial charge is 0.497 e. The number of thioether (sulfide) groups is 1. The van der Waals surface area contributed by atoms with E-state index in [1.54, 1.807) is 30.2 Å². The first-order chi connectivity index (χ1) is 16.5. The third kappa shape index (κ3) is 7.47. The summed E-state index contributed by atoms with van der Waals surface area (Å²) in [5.41, 5.74) is 1.84. The van der Waals surface area contributed by atoms with Gasteiger partial charge in [-0.05, 0) is 55.3 Å². The normalized spacial score (nSPS) is 14.0. The molecule has 6 nitrogen and oxygen atoms in total. The van der Waals surface area contributed by atoms with Crippen LogP contribution in [0, 0.1) is 6.92 Å². The quantitative estimate of drug-likeness (QED) is 0.289. The molecule has 2 heterocycles. The third-order valence-electron chi connectivity index (χ3n) is 5.87. The lowest BCUT2D eigenvalue weighted by atomic mass is 10.2. The van der Waals surface area contributed by atoms with Gasteiger partial charge in [-0.25, -0.2) is 4.98 Å². The van der Waals surface area contributed by atoms with E-state index < -0.39 is 0 Å². The van der Waals surface area contributed by atoms with Gasteiger partial charge in [-0.15, -0.1) is 24.2 Å². The Morgan fingerprint density at radius 3 is 2.69 bits per heavy atom. The molecule has 2 aromatic carbocycles. The van der Waals surface area contributed by atoms with Gasteiger partial charge in [0.1, 0.15) is 5.75 Å². The number of carbonyl (C=O) groups is 1. The van der Waals surface area contributed by atoms with E-state index in [2.05, 4.69) is 4.90 Å². The molecule has 3 aromatic rings. The van der Waals surface area contributed by atoms with Gasteiger partial charge in [0.2, 0.25) is 5.91 Å². The highest BCUT2D eigenvalue weighted by atomic mass is 35.5. The number of hydrogen-bond acceptors (Lipinski definition) is 7. The molecule has 190 valence electrons. The zero-order valence-electron chi connectivity index (χ0n) is 20.0. The Labute approximate surface area is 226 Å². The Bertz CT molecular complexity index is 1110. The van der Waals surface area contributed by atoms with Gasteiger partial charge in [-0.2, -0.15) is 0 Å². The van der Waals surface area contributed by atoms with Crippen LogP contribution in [0.15, 0.2) is 41.3 Å². The first kappa shape index (κ1) is 28.0. The molecule has 0 N–H and O–H groups in total. The van der Waals surface area contributed by atoms with Crippen molar-refractivity contribution in [1.29, 1.82) is 0 Å². The number of aromatic nitrogens is 1. The van der Waals surface area contributed by atoms with Gasteiger partial charge in [0.25, 0.3) is 0 Å². The number of benzene rings is 2. The Morgan fingerprint density at radius 2 is 1.97 bits per heavy atom. The number of carbonyl (C=O) groups excluding carboxylic acids is 1. The highest BCUT2D eigenvalue weighted by Gasteiger charge is 2.21. The predicted octanol–water partition coefficient (Wildman–Crippen LogP) is 5.93. The number of halogens is 2. The number of anilines is 1. The molecule has 35 heavy (non-hydrogen) atoms. The number of rotatable bonds is 10. The number of aryl methyl sites for hydroxylation is 1. The second-order valence-corrected chi connectivity index (χ2v) is 10.7. The molecule has 1 aliphatic rings. The predicted molar refractivity (Wildman–Crippen MR) is 149 cm³/mol. The lowest BCUT2D eigenvalue weighted by Gasteiger charge is -2.27. The summed E-state index contributed by atoms with van der Waals surface area (Å²) >= 11 is 9.55. The van der Waals surface area contributed by atoms with E-state index in [9.17, 15) is 4.79 Å². The average Bonchev–Trinajstić information content (AvgIpc) is 3.30. The lowest BCUT2D eigenvalue weighted by molar-refractivity contribution is -0.118. The van der Waals surface area contributed by atoms with Crippen molar-refractivity contribution in [2.45, 2.75) is 24.7 Å². The molecule has 1 aliphatic heterocycles. The van der Waals surface area contributed by atoms with E-state index in [-0.39, 0.29) is 18.3 Å². The highest BCUT2D eigenvalue weighted by Crippen LogP contribution is 2.34. The molecule has 0 radical (unpaired) electrons. The van der Waals surface area contributed by atoms with Crippen LogP contribution in [0.5, 0.6) is 5.75 Å². The summed E-state index contributed by atoms with van der Waals surface area (Å²) in [6.45, 7) is 7.03. The average molecular weight is 557 g/mol. The standard InChI is InChI=1S/C25H30ClN3O3S2.ClH/c1-18-21(26)8-9-22-24(18)27-25(34-22)29(12-3-11-28-13-15-32-16-14-28)23(30)10-17-33-20-6-4-19(31-2)5-7-20;/h4-9H,3,10-17H2,1-2H3;1H. The number of thiazole rings is 1. The second-order valence-electron chi connectivity index (χ2n) is 8.14. The van der Waals surface area contributed by atoms with Crippen molar-refractivity contribution >= 4 is 68.4 Å². The maximum absolute atomic E-state index is 13.3. The fourth-order valence-electron chi connectivity index (χ4n) is 3.87. The van der Waals surface area contributed by atoms with Crippen LogP contribution in [0.1, 0.15) is 18.4 Å². The summed E-state index contributed by atoms with van der Waals surface area (Å²) < 4.78 is 11.7. The van der Waals surface area contributed by atoms with Crippen molar-refractivity contribution in [3.63, 3.8) is 0 Å². The fourth-order valence-corrected chi connectivity index (χ4v) is 5.93. The highest BCUT2D eigenvalue weighted by molar-refractivity contribution is 7.99. The van der Waals surface area contributed by atoms with Crippen molar-refractivity contribution in [2.75, 3.05) is 57.2 Å². The number of methoxy groups -OCH3 is 1. The Morgan fingerprint density at radius 1 is 1.23 bits per heavy atom. The second kappa shape index (κ2) is 13.7. The molecular weight excluding hydrogens is 525 g/mol. The van der Waals surface area contributed by atoms with Crippen molar-refractivity contribution in [3.05, 3.63) is 47.0 Å². The minimum atomic E-state index is 0. The first-order valence-corrected chi connectivity index (χ1v) is 13.7. The van der Waals surface area contributed by atoms with E-state index in [0.717, 1.165) is 70.8 Å². The van der Waals surface area contributed by atoms with Crippen LogP contribution in [-0.4, -0.2) is 68.0 Å². The minimum Gasteiger partial charge on any atom is -0.497 e. The molecule has 1 aromatic heterocycles. The first-order valence-electron chi connectivity index (χ1n) is 11.5. The van der Waals surface area contributed by atoms with Crippen molar-refractivity contribution in [1.82, 2.24) is 9.88 Å². The smallest absolute Gasteiger partial charge is 0.229 e. The van der Waals surface area contributed by atoms with Crippen LogP contribution < -0.4 is 9.64 Å². The number of amides is 1. The van der Waals surface area contributed by atoms with Crippen LogP contribution >= 0.6 is 47.1 Å². The molecule has 1 amide bonds. The van der Waals surface area contributed by atoms with Gasteiger partial charge in [0, 0.05) is 48.3 Å². The van der Waals surface area contributed by atoms with Crippen LogP contribution in [-0.2, 0) is 9.53 Å². The van der Waals surface area contributed by atoms with E-state index in [0.29, 0.717) is 23.7 Å². The SMILES string of the molecule is COc1ccc(SCCC(=O)N(CCCN2CCOCC2)c2nc3c(C)c(Cl)ccc3s2)cc1.Cl. The summed E-state index contributed by atoms with van der Waals surface area (Å²) in [5.74, 6) is 1.64. The van der Waals surface area contributed by atoms with Gasteiger partial charge in [0.15, 0.2) is 5.13 Å². The molecule has 4 rings (SSSR count). The molecule has 0 aliphatic carbocycles. The van der Waals surface area contributed by atoms with Crippen molar-refractivity contribution in [3.8, 4) is 5.75 Å². The number of nitrogens with zero attached hydrogens (tertiary/aromatic N) is 3. The topological polar surface area (TPSA) is 54.9 Å². The number of ether oxygens (including phenoxy) is 2. The summed E-state index contributed by atoms with van der Waals surface area (Å²) in [7, 11) is 1.66. The zero-order valence-corrected chi connectivity index (χ0v) is 23.2. The van der Waals surface area contributed by atoms with Crippen molar-refractivity contribution < 1.29 is 14.3 Å². The van der Waals surface area contributed by atoms with E-state index >= 15 is 0 Å². The number of hydrogen-bond donors (Lipinski definition) is 0. The monoisotopic (exact) mass is 555 g/mol. The van der Waals surface area contributed by atoms with E-state index in [1.165, 1.54) is 0 Å². The van der Waals surface area contributed by atoms with Crippen molar-refractivity contribution in [2.24, 2.45) is 0 Å². The van der Waals surface area contributed by atoms with Gasteiger partial charge in [0.05, 0.1) is 30.5 Å².